The molecule has 1 saturated heterocycles. The second-order valence-corrected chi connectivity index (χ2v) is 38.4. The molecule has 26 nitrogen and oxygen atoms in total. The molecule has 0 amide bonds. The molecule has 7 aliphatic rings. The van der Waals surface area contributed by atoms with Crippen LogP contribution in [0.1, 0.15) is 207 Å². The normalized spacial score (nSPS) is 18.7. The molecule has 0 saturated carbocycles. The summed E-state index contributed by atoms with van der Waals surface area (Å²) in [6, 6.07) is 29.7. The lowest BCUT2D eigenvalue weighted by atomic mass is 9.72. The van der Waals surface area contributed by atoms with Crippen LogP contribution in [0.25, 0.3) is 17.2 Å². The Hall–Kier alpha value is -11.6. The van der Waals surface area contributed by atoms with E-state index in [1.165, 1.54) is 142 Å². The molecule has 13 rings (SSSR count). The molecule has 133 heavy (non-hydrogen) atoms. The summed E-state index contributed by atoms with van der Waals surface area (Å²) in [6.07, 6.45) is 13.9. The number of carbonyl (C=O) groups excluding carboxylic acids is 7. The van der Waals surface area contributed by atoms with Gasteiger partial charge in [-0.15, -0.1) is 0 Å². The lowest BCUT2D eigenvalue weighted by Gasteiger charge is -2.42. The minimum Gasteiger partial charge on any atom is -0.484 e. The zero-order valence-electron chi connectivity index (χ0n) is 79.3. The SMILES string of the molecule is COC(=O)C(=Cc1ccc(F)cc1)C(=O)C(C)C.COC(=O)C(C(=O)C(C)C)C(CC1CCCN=C1OC)c1ccc(F)cc1.COC(=O)C1=C(C(C)C)N=C2C(CCCN2S(C)(=O)=O)C1c1ccc(F)cc1.COC(=O)C1=C(C(C)C)NC2=NCCCC2C1c1ccc(F)cc1.COC(=O)c1c(C(C)C)nc2c(c1-c1ccc(F)cc1)CCCN2S(C)(=O)=O.COC1=NCCCC1. The Kier molecular flexibility index (Phi) is 39.6. The second kappa shape index (κ2) is 49.4. The highest BCUT2D eigenvalue weighted by Crippen LogP contribution is 2.48. The molecule has 0 bridgehead atoms. The van der Waals surface area contributed by atoms with Gasteiger partial charge in [0.2, 0.25) is 20.0 Å². The van der Waals surface area contributed by atoms with Gasteiger partial charge < -0.3 is 38.5 Å². The van der Waals surface area contributed by atoms with Crippen molar-refractivity contribution in [3.05, 3.63) is 218 Å². The zero-order valence-corrected chi connectivity index (χ0v) is 80.9. The number of benzene rings is 5. The van der Waals surface area contributed by atoms with Crippen LogP contribution >= 0.6 is 0 Å². The Morgan fingerprint density at radius 1 is 0.511 bits per heavy atom. The zero-order chi connectivity index (χ0) is 98.0. The number of pyridine rings is 1. The molecule has 7 aliphatic heterocycles. The first-order chi connectivity index (χ1) is 63.1. The van der Waals surface area contributed by atoms with Crippen molar-refractivity contribution in [3.63, 3.8) is 0 Å². The molecule has 33 heteroatoms. The number of nitrogens with zero attached hydrogens (tertiary/aromatic N) is 7. The van der Waals surface area contributed by atoms with Gasteiger partial charge in [0, 0.05) is 103 Å². The van der Waals surface area contributed by atoms with Crippen molar-refractivity contribution in [2.45, 2.75) is 170 Å². The number of aromatic nitrogens is 1. The number of ether oxygens (including phenoxy) is 7. The van der Waals surface area contributed by atoms with Crippen molar-refractivity contribution in [2.75, 3.05) is 99.3 Å². The van der Waals surface area contributed by atoms with Crippen LogP contribution in [-0.2, 0) is 88.4 Å². The largest absolute Gasteiger partial charge is 0.484 e. The molecular weight excluding hydrogens is 1760 g/mol. The van der Waals surface area contributed by atoms with Crippen LogP contribution in [0.3, 0.4) is 0 Å². The third-order valence-corrected chi connectivity index (χ3v) is 26.0. The molecule has 720 valence electrons. The van der Waals surface area contributed by atoms with Gasteiger partial charge in [0.15, 0.2) is 17.6 Å². The summed E-state index contributed by atoms with van der Waals surface area (Å²) in [4.78, 5) is 109. The van der Waals surface area contributed by atoms with E-state index in [-0.39, 0.29) is 99.6 Å². The number of carbonyl (C=O) groups is 7. The molecule has 0 radical (unpaired) electrons. The maximum Gasteiger partial charge on any atom is 0.341 e. The highest BCUT2D eigenvalue weighted by molar-refractivity contribution is 7.92. The van der Waals surface area contributed by atoms with Gasteiger partial charge in [-0.25, -0.2) is 67.9 Å². The fraction of sp³-hybridized carbons (Fsp3) is 0.480. The number of halogens is 5. The maximum absolute atomic E-state index is 13.5. The van der Waals surface area contributed by atoms with Crippen molar-refractivity contribution in [3.8, 4) is 11.1 Å². The topological polar surface area (TPSA) is 333 Å². The van der Waals surface area contributed by atoms with Gasteiger partial charge in [0.1, 0.15) is 63.8 Å². The van der Waals surface area contributed by atoms with Gasteiger partial charge in [0.05, 0.1) is 90.4 Å². The lowest BCUT2D eigenvalue weighted by Crippen LogP contribution is -2.48. The molecule has 1 fully saturated rings. The number of ketones is 2. The van der Waals surface area contributed by atoms with E-state index >= 15 is 0 Å². The van der Waals surface area contributed by atoms with E-state index in [0.29, 0.717) is 120 Å². The smallest absolute Gasteiger partial charge is 0.341 e. The quantitative estimate of drug-likeness (QED) is 0.0165. The first kappa shape index (κ1) is 107. The van der Waals surface area contributed by atoms with Gasteiger partial charge in [-0.05, 0) is 183 Å². The van der Waals surface area contributed by atoms with E-state index in [1.54, 1.807) is 90.4 Å². The third-order valence-electron chi connectivity index (χ3n) is 23.7. The number of Topliss-reactive ketones (excluding diaryl/α,β-unsaturated/α-hetero) is 2. The van der Waals surface area contributed by atoms with Crippen LogP contribution in [0, 0.1) is 76.4 Å². The number of hydrogen-bond donors (Lipinski definition) is 1. The summed E-state index contributed by atoms with van der Waals surface area (Å²) in [5.74, 6) is -4.50. The van der Waals surface area contributed by atoms with Crippen molar-refractivity contribution in [1.82, 2.24) is 14.6 Å². The number of allylic oxidation sites excluding steroid dienone is 2. The molecule has 5 aromatic carbocycles. The van der Waals surface area contributed by atoms with E-state index in [1.807, 2.05) is 41.5 Å². The van der Waals surface area contributed by atoms with Crippen LogP contribution in [0.4, 0.5) is 27.8 Å². The van der Waals surface area contributed by atoms with Gasteiger partial charge in [-0.2, -0.15) is 0 Å². The molecular formula is C100H125F5N8O18S2. The average molecular weight is 1890 g/mol. The average Bonchev–Trinajstić information content (AvgIpc) is 0.764. The van der Waals surface area contributed by atoms with E-state index in [4.69, 9.17) is 28.4 Å². The Bertz CT molecular complexity index is 5570. The number of sulfonamides is 2. The molecule has 1 aromatic heterocycles. The summed E-state index contributed by atoms with van der Waals surface area (Å²) in [5.41, 5.74) is 8.00. The van der Waals surface area contributed by atoms with Gasteiger partial charge in [-0.3, -0.25) is 38.0 Å². The highest BCUT2D eigenvalue weighted by Gasteiger charge is 2.47. The Morgan fingerprint density at radius 2 is 1.02 bits per heavy atom. The highest BCUT2D eigenvalue weighted by atomic mass is 32.2. The standard InChI is InChI=1S/C21H28FNO4.C20H25FN2O4S.C20H23FN2O4S.C19H23FN2O2.C14H15FO3.C6H11NO/c1-13(2)19(24)18(21(25)27-4)17(14-7-9-16(22)10-8-14)12-15-6-5-11-23-20(15)26-3;2*1-12(2)18-17(20(24)27-3)16(13-7-9-14(21)10-8-13)15-6-5-11-23(19(15)22-18)28(4,25)26;1-11(2)17-16(19(23)24-3)15(12-6-8-13(20)9-7-12)14-5-4-10-21-18(14)22-17;1-9(2)13(16)12(14(17)18-3)8-10-4-6-11(15)7-5-10;1-8-6-4-2-3-5-7-6/h7-10,13,15,17-18H,5-6,11-12H2,1-4H3;7-10,12,15-16H,5-6,11H2,1-4H3;7-10,12H,5-6,11H2,1-4H3;6-9,11,14-15H,4-5,10H2,1-3H3,(H,21,22);4-9H,1-3H3;2-5H2,1H3. The van der Waals surface area contributed by atoms with E-state index < -0.39 is 67.5 Å². The summed E-state index contributed by atoms with van der Waals surface area (Å²) in [7, 11) is 2.76. The summed E-state index contributed by atoms with van der Waals surface area (Å²) < 4.78 is 154. The number of rotatable bonds is 22. The van der Waals surface area contributed by atoms with Gasteiger partial charge in [0.25, 0.3) is 0 Å². The van der Waals surface area contributed by atoms with Crippen LogP contribution in [0.15, 0.2) is 169 Å². The van der Waals surface area contributed by atoms with Crippen LogP contribution in [0.2, 0.25) is 0 Å². The van der Waals surface area contributed by atoms with Crippen LogP contribution in [0.5, 0.6) is 0 Å². The summed E-state index contributed by atoms with van der Waals surface area (Å²) in [5, 5.41) is 3.39. The fourth-order valence-corrected chi connectivity index (χ4v) is 19.1. The van der Waals surface area contributed by atoms with Gasteiger partial charge >= 0.3 is 29.8 Å². The maximum atomic E-state index is 13.5. The number of aliphatic imine (C=N–C) groups is 4. The number of nitrogens with one attached hydrogen (secondary N) is 1. The number of methoxy groups -OCH3 is 7. The van der Waals surface area contributed by atoms with Crippen molar-refractivity contribution in [2.24, 2.45) is 67.3 Å². The van der Waals surface area contributed by atoms with Crippen molar-refractivity contribution in [1.29, 1.82) is 0 Å². The first-order valence-corrected chi connectivity index (χ1v) is 48.3. The number of hydrogen-bond acceptors (Lipinski definition) is 24. The Labute approximate surface area is 778 Å². The van der Waals surface area contributed by atoms with Gasteiger partial charge in [-0.1, -0.05) is 130 Å². The lowest BCUT2D eigenvalue weighted by molar-refractivity contribution is -0.151. The number of fused-ring (bicyclic) bond motifs is 3. The van der Waals surface area contributed by atoms with Crippen molar-refractivity contribution >= 4 is 96.8 Å². The minimum atomic E-state index is -3.53. The third kappa shape index (κ3) is 27.8. The summed E-state index contributed by atoms with van der Waals surface area (Å²) in [6.45, 7) is 21.7. The van der Waals surface area contributed by atoms with Crippen molar-refractivity contribution < 1.29 is 106 Å². The summed E-state index contributed by atoms with van der Waals surface area (Å²) >= 11 is 0. The molecule has 1 N–H and O–H groups in total. The molecule has 7 unspecified atom stereocenters. The molecule has 0 spiro atoms. The number of amidine groups is 2. The van der Waals surface area contributed by atoms with Crippen LogP contribution in [-0.4, -0.2) is 186 Å². The molecule has 8 heterocycles. The number of piperidine rings is 1. The van der Waals surface area contributed by atoms with E-state index in [9.17, 15) is 72.3 Å². The Morgan fingerprint density at radius 3 is 1.50 bits per heavy atom. The van der Waals surface area contributed by atoms with E-state index in [0.717, 1.165) is 85.6 Å². The minimum absolute atomic E-state index is 0.00548. The molecule has 6 aromatic rings. The fourth-order valence-electron chi connectivity index (χ4n) is 17.2. The Balaban J connectivity index is 0.000000201. The van der Waals surface area contributed by atoms with Crippen LogP contribution < -0.4 is 9.62 Å². The predicted octanol–water partition coefficient (Wildman–Crippen LogP) is 17.6. The molecule has 7 atom stereocenters. The predicted molar refractivity (Wildman–Crippen MR) is 502 cm³/mol. The number of anilines is 1. The monoisotopic (exact) mass is 1880 g/mol. The molecule has 0 aliphatic carbocycles. The second-order valence-electron chi connectivity index (χ2n) is 34.6. The first-order valence-electron chi connectivity index (χ1n) is 44.6. The van der Waals surface area contributed by atoms with E-state index in [2.05, 4.69) is 35.0 Å². The number of esters is 5.